The van der Waals surface area contributed by atoms with E-state index in [1.165, 1.54) is 38.5 Å². The Morgan fingerprint density at radius 2 is 2.12 bits per heavy atom. The van der Waals surface area contributed by atoms with Crippen LogP contribution < -0.4 is 10.6 Å². The Hall–Kier alpha value is -1.36. The van der Waals surface area contributed by atoms with E-state index in [0.717, 1.165) is 30.4 Å². The Morgan fingerprint density at radius 3 is 2.88 bits per heavy atom. The number of hydrogen-bond donors (Lipinski definition) is 2. The van der Waals surface area contributed by atoms with E-state index >= 15 is 0 Å². The molecule has 5 heteroatoms. The van der Waals surface area contributed by atoms with Crippen molar-refractivity contribution < 1.29 is 4.79 Å². The molecule has 0 aromatic carbocycles. The summed E-state index contributed by atoms with van der Waals surface area (Å²) in [4.78, 5) is 11.9. The Bertz CT molecular complexity index is 580. The van der Waals surface area contributed by atoms with Gasteiger partial charge in [0.25, 0.3) is 0 Å². The molecule has 2 N–H and O–H groups in total. The van der Waals surface area contributed by atoms with E-state index in [1.54, 1.807) is 0 Å². The van der Waals surface area contributed by atoms with Gasteiger partial charge in [-0.25, -0.2) is 0 Å². The summed E-state index contributed by atoms with van der Waals surface area (Å²) in [6, 6.07) is 1.01. The van der Waals surface area contributed by atoms with Gasteiger partial charge < -0.3 is 10.6 Å². The van der Waals surface area contributed by atoms with Crippen LogP contribution in [0.4, 0.5) is 0 Å². The lowest BCUT2D eigenvalue weighted by Gasteiger charge is -2.38. The van der Waals surface area contributed by atoms with Crippen LogP contribution in [0.1, 0.15) is 69.9 Å². The minimum Gasteiger partial charge on any atom is -0.348 e. The molecule has 2 heterocycles. The third kappa shape index (κ3) is 3.51. The first-order chi connectivity index (χ1) is 11.7. The highest BCUT2D eigenvalue weighted by molar-refractivity contribution is 5.77. The third-order valence-corrected chi connectivity index (χ3v) is 6.19. The van der Waals surface area contributed by atoms with Crippen LogP contribution in [-0.4, -0.2) is 27.8 Å². The van der Waals surface area contributed by atoms with Crippen LogP contribution in [0.15, 0.2) is 12.4 Å². The van der Waals surface area contributed by atoms with E-state index in [2.05, 4.69) is 28.9 Å². The van der Waals surface area contributed by atoms with Crippen LogP contribution in [0.5, 0.6) is 0 Å². The monoisotopic (exact) mass is 330 g/mol. The Morgan fingerprint density at radius 1 is 1.25 bits per heavy atom. The summed E-state index contributed by atoms with van der Waals surface area (Å²) in [5.74, 6) is 2.12. The zero-order valence-corrected chi connectivity index (χ0v) is 14.7. The van der Waals surface area contributed by atoms with Crippen LogP contribution in [0.3, 0.4) is 0 Å². The molecule has 1 amide bonds. The number of piperidine rings is 1. The first-order valence-electron chi connectivity index (χ1n) is 9.80. The lowest BCUT2D eigenvalue weighted by Crippen LogP contribution is -2.52. The Kier molecular flexibility index (Phi) is 4.61. The second kappa shape index (κ2) is 6.87. The second-order valence-corrected chi connectivity index (χ2v) is 7.95. The molecule has 3 aliphatic rings. The van der Waals surface area contributed by atoms with Gasteiger partial charge in [-0.1, -0.05) is 12.8 Å². The lowest BCUT2D eigenvalue weighted by molar-refractivity contribution is -0.124. The molecular weight excluding hydrogens is 300 g/mol. The molecule has 5 nitrogen and oxygen atoms in total. The number of carbonyl (C=O) groups excluding carboxylic acids is 1. The molecule has 4 atom stereocenters. The highest BCUT2D eigenvalue weighted by atomic mass is 16.1. The lowest BCUT2D eigenvalue weighted by atomic mass is 9.81. The first-order valence-corrected chi connectivity index (χ1v) is 9.80. The summed E-state index contributed by atoms with van der Waals surface area (Å²) in [5, 5.41) is 11.5. The normalized spacial score (nSPS) is 34.1. The van der Waals surface area contributed by atoms with Crippen LogP contribution in [0, 0.1) is 11.8 Å². The van der Waals surface area contributed by atoms with Crippen molar-refractivity contribution in [1.29, 1.82) is 0 Å². The molecule has 0 radical (unpaired) electrons. The smallest absolute Gasteiger partial charge is 0.220 e. The summed E-state index contributed by atoms with van der Waals surface area (Å²) in [6.07, 6.45) is 13.9. The maximum absolute atomic E-state index is 11.9. The predicted octanol–water partition coefficient (Wildman–Crippen LogP) is 2.78. The van der Waals surface area contributed by atoms with Crippen LogP contribution >= 0.6 is 0 Å². The van der Waals surface area contributed by atoms with Crippen LogP contribution in [0.2, 0.25) is 0 Å². The molecule has 1 saturated heterocycles. The number of hydrogen-bond acceptors (Lipinski definition) is 3. The highest BCUT2D eigenvalue weighted by Crippen LogP contribution is 2.44. The average molecular weight is 330 g/mol. The fourth-order valence-corrected chi connectivity index (χ4v) is 4.69. The van der Waals surface area contributed by atoms with Gasteiger partial charge in [0.1, 0.15) is 0 Å². The van der Waals surface area contributed by atoms with Crippen molar-refractivity contribution in [2.75, 3.05) is 0 Å². The van der Waals surface area contributed by atoms with Crippen molar-refractivity contribution in [3.05, 3.63) is 18.0 Å². The third-order valence-electron chi connectivity index (χ3n) is 6.19. The molecule has 24 heavy (non-hydrogen) atoms. The number of carbonyl (C=O) groups is 1. The molecule has 132 valence electrons. The molecule has 3 fully saturated rings. The van der Waals surface area contributed by atoms with Crippen molar-refractivity contribution in [3.8, 4) is 0 Å². The van der Waals surface area contributed by atoms with E-state index in [4.69, 9.17) is 0 Å². The number of nitrogens with zero attached hydrogens (tertiary/aromatic N) is 2. The van der Waals surface area contributed by atoms with Crippen LogP contribution in [0.25, 0.3) is 0 Å². The zero-order valence-electron chi connectivity index (χ0n) is 14.7. The number of aromatic nitrogens is 2. The first kappa shape index (κ1) is 16.1. The molecule has 0 spiro atoms. The Labute approximate surface area is 144 Å². The van der Waals surface area contributed by atoms with Gasteiger partial charge in [-0.05, 0) is 50.9 Å². The van der Waals surface area contributed by atoms with Gasteiger partial charge in [-0.3, -0.25) is 9.48 Å². The van der Waals surface area contributed by atoms with E-state index < -0.39 is 0 Å². The van der Waals surface area contributed by atoms with E-state index in [-0.39, 0.29) is 11.9 Å². The van der Waals surface area contributed by atoms with Gasteiger partial charge in [0.05, 0.1) is 12.2 Å². The minimum absolute atomic E-state index is 0.0628. The maximum Gasteiger partial charge on any atom is 0.220 e. The van der Waals surface area contributed by atoms with Crippen molar-refractivity contribution in [2.45, 2.75) is 83.0 Å². The van der Waals surface area contributed by atoms with Gasteiger partial charge >= 0.3 is 0 Å². The molecule has 1 aromatic rings. The highest BCUT2D eigenvalue weighted by Gasteiger charge is 2.37. The molecule has 4 rings (SSSR count). The maximum atomic E-state index is 11.9. The van der Waals surface area contributed by atoms with Gasteiger partial charge in [0.15, 0.2) is 0 Å². The summed E-state index contributed by atoms with van der Waals surface area (Å²) in [6.45, 7) is 2.95. The number of nitrogens with one attached hydrogen (secondary N) is 2. The summed E-state index contributed by atoms with van der Waals surface area (Å²) in [7, 11) is 0. The second-order valence-electron chi connectivity index (χ2n) is 7.95. The number of rotatable bonds is 5. The largest absolute Gasteiger partial charge is 0.348 e. The van der Waals surface area contributed by atoms with Crippen molar-refractivity contribution in [3.63, 3.8) is 0 Å². The SMILES string of the molecule is CCn1cc([C@@H]2NC(=O)CC[C@H]2N[C@H]2CCC[C@H](C3CC3)C2)cn1. The molecule has 2 saturated carbocycles. The number of amides is 1. The summed E-state index contributed by atoms with van der Waals surface area (Å²) < 4.78 is 1.94. The molecule has 0 bridgehead atoms. The zero-order chi connectivity index (χ0) is 16.5. The van der Waals surface area contributed by atoms with Gasteiger partial charge in [0.2, 0.25) is 5.91 Å². The van der Waals surface area contributed by atoms with Crippen molar-refractivity contribution in [1.82, 2.24) is 20.4 Å². The summed E-state index contributed by atoms with van der Waals surface area (Å²) >= 11 is 0. The standard InChI is InChI=1S/C19H30N4O/c1-2-23-12-15(11-20-23)19-17(8-9-18(24)22-19)21-16-5-3-4-14(10-16)13-6-7-13/h11-14,16-17,19,21H,2-10H2,1H3,(H,22,24)/t14-,16-,17+,19-/m0/s1. The van der Waals surface area contributed by atoms with Gasteiger partial charge in [-0.15, -0.1) is 0 Å². The fourth-order valence-electron chi connectivity index (χ4n) is 4.69. The van der Waals surface area contributed by atoms with E-state index in [0.29, 0.717) is 18.5 Å². The molecule has 1 aromatic heterocycles. The van der Waals surface area contributed by atoms with Crippen molar-refractivity contribution >= 4 is 5.91 Å². The average Bonchev–Trinajstić information content (AvgIpc) is 3.34. The van der Waals surface area contributed by atoms with E-state index in [9.17, 15) is 4.79 Å². The van der Waals surface area contributed by atoms with Gasteiger partial charge in [-0.2, -0.15) is 5.10 Å². The number of aryl methyl sites for hydroxylation is 1. The topological polar surface area (TPSA) is 59.0 Å². The van der Waals surface area contributed by atoms with Crippen LogP contribution in [-0.2, 0) is 11.3 Å². The fraction of sp³-hybridized carbons (Fsp3) is 0.789. The predicted molar refractivity (Wildman–Crippen MR) is 93.4 cm³/mol. The van der Waals surface area contributed by atoms with Gasteiger partial charge in [0, 0.05) is 36.8 Å². The van der Waals surface area contributed by atoms with E-state index in [1.807, 2.05) is 10.9 Å². The van der Waals surface area contributed by atoms with Crippen molar-refractivity contribution in [2.24, 2.45) is 11.8 Å². The summed E-state index contributed by atoms with van der Waals surface area (Å²) in [5.41, 5.74) is 1.14. The quantitative estimate of drug-likeness (QED) is 0.873. The molecule has 2 aliphatic carbocycles. The molecule has 0 unspecified atom stereocenters. The minimum atomic E-state index is 0.0628. The molecule has 1 aliphatic heterocycles. The Balaban J connectivity index is 1.43. The molecular formula is C19H30N4O.